The molecule has 17 heavy (non-hydrogen) atoms. The second-order valence-electron chi connectivity index (χ2n) is 4.78. The maximum atomic E-state index is 10.7. The van der Waals surface area contributed by atoms with E-state index >= 15 is 0 Å². The van der Waals surface area contributed by atoms with Crippen molar-refractivity contribution in [2.45, 2.75) is 44.3 Å². The van der Waals surface area contributed by atoms with Gasteiger partial charge in [-0.25, -0.2) is 0 Å². The van der Waals surface area contributed by atoms with Gasteiger partial charge in [0.25, 0.3) is 0 Å². The van der Waals surface area contributed by atoms with Crippen LogP contribution in [0, 0.1) is 0 Å². The lowest BCUT2D eigenvalue weighted by Crippen LogP contribution is -2.38. The Morgan fingerprint density at radius 2 is 2.35 bits per heavy atom. The summed E-state index contributed by atoms with van der Waals surface area (Å²) in [6.07, 6.45) is 3.56. The van der Waals surface area contributed by atoms with Gasteiger partial charge in [-0.05, 0) is 24.1 Å². The molecule has 1 heterocycles. The molecule has 2 atom stereocenters. The summed E-state index contributed by atoms with van der Waals surface area (Å²) in [6.45, 7) is 2.75. The maximum absolute atomic E-state index is 10.7. The highest BCUT2D eigenvalue weighted by Gasteiger charge is 2.36. The fourth-order valence-corrected chi connectivity index (χ4v) is 2.67. The molecule has 1 saturated heterocycles. The van der Waals surface area contributed by atoms with E-state index in [1.165, 1.54) is 0 Å². The quantitative estimate of drug-likeness (QED) is 0.895. The van der Waals surface area contributed by atoms with Crippen molar-refractivity contribution in [2.75, 3.05) is 6.61 Å². The predicted octanol–water partition coefficient (Wildman–Crippen LogP) is 3.51. The molecule has 2 unspecified atom stereocenters. The average molecular weight is 255 g/mol. The SMILES string of the molecule is CCCC1CC(O)(c2cccc(Cl)c2)CCO1. The Labute approximate surface area is 108 Å². The third kappa shape index (κ3) is 3.01. The largest absolute Gasteiger partial charge is 0.385 e. The standard InChI is InChI=1S/C14H19ClO2/c1-2-4-13-10-14(16,7-8-17-13)11-5-3-6-12(15)9-11/h3,5-6,9,13,16H,2,4,7-8,10H2,1H3. The van der Waals surface area contributed by atoms with Gasteiger partial charge in [0.2, 0.25) is 0 Å². The molecule has 0 saturated carbocycles. The van der Waals surface area contributed by atoms with Gasteiger partial charge in [0.05, 0.1) is 18.3 Å². The summed E-state index contributed by atoms with van der Waals surface area (Å²) in [5.74, 6) is 0. The van der Waals surface area contributed by atoms with Gasteiger partial charge < -0.3 is 9.84 Å². The minimum atomic E-state index is -0.775. The normalized spacial score (nSPS) is 29.2. The van der Waals surface area contributed by atoms with Gasteiger partial charge in [0, 0.05) is 17.9 Å². The summed E-state index contributed by atoms with van der Waals surface area (Å²) in [5, 5.41) is 11.4. The molecule has 0 radical (unpaired) electrons. The summed E-state index contributed by atoms with van der Waals surface area (Å²) in [4.78, 5) is 0. The smallest absolute Gasteiger partial charge is 0.0943 e. The number of hydrogen-bond acceptors (Lipinski definition) is 2. The van der Waals surface area contributed by atoms with Crippen LogP contribution < -0.4 is 0 Å². The van der Waals surface area contributed by atoms with Crippen molar-refractivity contribution in [1.82, 2.24) is 0 Å². The second kappa shape index (κ2) is 5.38. The fourth-order valence-electron chi connectivity index (χ4n) is 2.48. The number of hydrogen-bond donors (Lipinski definition) is 1. The first kappa shape index (κ1) is 12.9. The van der Waals surface area contributed by atoms with E-state index in [9.17, 15) is 5.11 Å². The van der Waals surface area contributed by atoms with Crippen LogP contribution in [0.2, 0.25) is 5.02 Å². The van der Waals surface area contributed by atoms with E-state index in [1.54, 1.807) is 0 Å². The van der Waals surface area contributed by atoms with Gasteiger partial charge in [-0.3, -0.25) is 0 Å². The molecule has 3 heteroatoms. The third-order valence-corrected chi connectivity index (χ3v) is 3.64. The van der Waals surface area contributed by atoms with E-state index in [-0.39, 0.29) is 6.10 Å². The molecule has 1 aromatic rings. The third-order valence-electron chi connectivity index (χ3n) is 3.41. The zero-order chi connectivity index (χ0) is 12.3. The zero-order valence-corrected chi connectivity index (χ0v) is 10.9. The van der Waals surface area contributed by atoms with Crippen LogP contribution in [0.4, 0.5) is 0 Å². The zero-order valence-electron chi connectivity index (χ0n) is 10.2. The molecule has 2 rings (SSSR count). The summed E-state index contributed by atoms with van der Waals surface area (Å²) >= 11 is 5.98. The Balaban J connectivity index is 2.17. The molecular weight excluding hydrogens is 236 g/mol. The lowest BCUT2D eigenvalue weighted by Gasteiger charge is -2.37. The van der Waals surface area contributed by atoms with Crippen LogP contribution in [0.15, 0.2) is 24.3 Å². The first-order valence-electron chi connectivity index (χ1n) is 6.24. The maximum Gasteiger partial charge on any atom is 0.0943 e. The summed E-state index contributed by atoms with van der Waals surface area (Å²) in [5.41, 5.74) is 0.137. The van der Waals surface area contributed by atoms with Crippen LogP contribution in [-0.2, 0) is 10.3 Å². The Morgan fingerprint density at radius 1 is 1.53 bits per heavy atom. The van der Waals surface area contributed by atoms with Crippen LogP contribution in [0.3, 0.4) is 0 Å². The molecule has 1 aromatic carbocycles. The van der Waals surface area contributed by atoms with Gasteiger partial charge in [-0.1, -0.05) is 37.1 Å². The Kier molecular flexibility index (Phi) is 4.08. The van der Waals surface area contributed by atoms with Crippen LogP contribution in [0.5, 0.6) is 0 Å². The highest BCUT2D eigenvalue weighted by molar-refractivity contribution is 6.30. The Bertz CT molecular complexity index is 378. The summed E-state index contributed by atoms with van der Waals surface area (Å²) in [6, 6.07) is 7.52. The molecule has 0 amide bonds. The van der Waals surface area contributed by atoms with Crippen LogP contribution in [0.25, 0.3) is 0 Å². The van der Waals surface area contributed by atoms with Gasteiger partial charge in [-0.15, -0.1) is 0 Å². The Hall–Kier alpha value is -0.570. The molecule has 0 spiro atoms. The molecule has 1 aliphatic heterocycles. The molecule has 1 N–H and O–H groups in total. The number of rotatable bonds is 3. The van der Waals surface area contributed by atoms with Crippen molar-refractivity contribution in [3.63, 3.8) is 0 Å². The van der Waals surface area contributed by atoms with Crippen molar-refractivity contribution in [3.05, 3.63) is 34.9 Å². The lowest BCUT2D eigenvalue weighted by molar-refractivity contribution is -0.110. The molecular formula is C14H19ClO2. The van der Waals surface area contributed by atoms with Crippen LogP contribution in [-0.4, -0.2) is 17.8 Å². The van der Waals surface area contributed by atoms with Crippen molar-refractivity contribution in [3.8, 4) is 0 Å². The van der Waals surface area contributed by atoms with E-state index in [1.807, 2.05) is 24.3 Å². The number of aliphatic hydroxyl groups is 1. The molecule has 0 bridgehead atoms. The summed E-state index contributed by atoms with van der Waals surface area (Å²) in [7, 11) is 0. The van der Waals surface area contributed by atoms with E-state index in [0.717, 1.165) is 18.4 Å². The molecule has 1 aliphatic rings. The minimum absolute atomic E-state index is 0.165. The molecule has 0 aliphatic carbocycles. The van der Waals surface area contributed by atoms with Gasteiger partial charge in [-0.2, -0.15) is 0 Å². The fraction of sp³-hybridized carbons (Fsp3) is 0.571. The topological polar surface area (TPSA) is 29.5 Å². The van der Waals surface area contributed by atoms with Crippen LogP contribution in [0.1, 0.15) is 38.2 Å². The highest BCUT2D eigenvalue weighted by atomic mass is 35.5. The average Bonchev–Trinajstić information content (AvgIpc) is 2.30. The highest BCUT2D eigenvalue weighted by Crippen LogP contribution is 2.36. The first-order chi connectivity index (χ1) is 8.14. The molecule has 1 fully saturated rings. The number of benzene rings is 1. The van der Waals surface area contributed by atoms with Crippen molar-refractivity contribution in [2.24, 2.45) is 0 Å². The molecule has 2 nitrogen and oxygen atoms in total. The molecule has 94 valence electrons. The van der Waals surface area contributed by atoms with E-state index in [4.69, 9.17) is 16.3 Å². The van der Waals surface area contributed by atoms with E-state index < -0.39 is 5.60 Å². The van der Waals surface area contributed by atoms with E-state index in [0.29, 0.717) is 24.5 Å². The number of ether oxygens (including phenoxy) is 1. The van der Waals surface area contributed by atoms with Crippen molar-refractivity contribution < 1.29 is 9.84 Å². The van der Waals surface area contributed by atoms with E-state index in [2.05, 4.69) is 6.92 Å². The van der Waals surface area contributed by atoms with Crippen molar-refractivity contribution >= 4 is 11.6 Å². The number of halogens is 1. The lowest BCUT2D eigenvalue weighted by atomic mass is 9.83. The predicted molar refractivity (Wildman–Crippen MR) is 69.2 cm³/mol. The van der Waals surface area contributed by atoms with Gasteiger partial charge in [0.15, 0.2) is 0 Å². The first-order valence-corrected chi connectivity index (χ1v) is 6.62. The minimum Gasteiger partial charge on any atom is -0.385 e. The van der Waals surface area contributed by atoms with Crippen molar-refractivity contribution in [1.29, 1.82) is 0 Å². The van der Waals surface area contributed by atoms with Crippen LogP contribution >= 0.6 is 11.6 Å². The molecule has 0 aromatic heterocycles. The monoisotopic (exact) mass is 254 g/mol. The Morgan fingerprint density at radius 3 is 3.06 bits per heavy atom. The van der Waals surface area contributed by atoms with Gasteiger partial charge in [0.1, 0.15) is 0 Å². The summed E-state index contributed by atoms with van der Waals surface area (Å²) < 4.78 is 5.67. The second-order valence-corrected chi connectivity index (χ2v) is 5.21. The van der Waals surface area contributed by atoms with Gasteiger partial charge >= 0.3 is 0 Å².